The van der Waals surface area contributed by atoms with Crippen LogP contribution in [0, 0.1) is 12.7 Å². The molecule has 2 N–H and O–H groups in total. The summed E-state index contributed by atoms with van der Waals surface area (Å²) < 4.78 is 23.2. The number of aromatic nitrogens is 3. The lowest BCUT2D eigenvalue weighted by Gasteiger charge is -2.08. The third-order valence-electron chi connectivity index (χ3n) is 3.28. The Balaban J connectivity index is 0.000000575. The van der Waals surface area contributed by atoms with Crippen molar-refractivity contribution >= 4 is 23.7 Å². The number of hydrogen-bond donors (Lipinski definition) is 1. The zero-order chi connectivity index (χ0) is 23.8. The zero-order valence-electron chi connectivity index (χ0n) is 18.5. The van der Waals surface area contributed by atoms with Crippen molar-refractivity contribution in [3.05, 3.63) is 64.8 Å². The number of benzene rings is 1. The fourth-order valence-corrected chi connectivity index (χ4v) is 2.28. The molecule has 0 aliphatic heterocycles. The van der Waals surface area contributed by atoms with Crippen LogP contribution < -0.4 is 10.5 Å². The van der Waals surface area contributed by atoms with Gasteiger partial charge in [-0.15, -0.1) is 0 Å². The number of carbonyl (C=O) groups is 1. The highest BCUT2D eigenvalue weighted by atomic mass is 35.5. The number of nitrogen functional groups attached to an aromatic ring is 1. The summed E-state index contributed by atoms with van der Waals surface area (Å²) in [4.78, 5) is 21.7. The summed E-state index contributed by atoms with van der Waals surface area (Å²) in [6.45, 7) is 5.62. The van der Waals surface area contributed by atoms with Crippen LogP contribution in [0.25, 0.3) is 11.4 Å². The van der Waals surface area contributed by atoms with E-state index in [1.165, 1.54) is 31.6 Å². The number of hydrogen-bond acceptors (Lipinski definition) is 7. The summed E-state index contributed by atoms with van der Waals surface area (Å²) in [7, 11) is 4.71. The molecule has 0 aliphatic carbocycles. The van der Waals surface area contributed by atoms with Crippen molar-refractivity contribution in [3.63, 3.8) is 0 Å². The van der Waals surface area contributed by atoms with Gasteiger partial charge < -0.3 is 15.2 Å². The molecule has 0 fully saturated rings. The minimum absolute atomic E-state index is 0.152. The molecule has 0 aliphatic rings. The van der Waals surface area contributed by atoms with Gasteiger partial charge >= 0.3 is 0 Å². The van der Waals surface area contributed by atoms with Gasteiger partial charge in [0.25, 0.3) is 0 Å². The quantitative estimate of drug-likeness (QED) is 0.559. The van der Waals surface area contributed by atoms with Crippen molar-refractivity contribution in [2.24, 2.45) is 0 Å². The Morgan fingerprint density at radius 2 is 1.81 bits per heavy atom. The average molecular weight is 451 g/mol. The highest BCUT2D eigenvalue weighted by Crippen LogP contribution is 2.28. The van der Waals surface area contributed by atoms with Gasteiger partial charge in [0.05, 0.1) is 18.9 Å². The summed E-state index contributed by atoms with van der Waals surface area (Å²) in [5, 5.41) is 0.418. The number of methoxy groups -OCH3 is 2. The third-order valence-corrected chi connectivity index (χ3v) is 3.50. The highest BCUT2D eigenvalue weighted by molar-refractivity contribution is 6.30. The first-order valence-corrected chi connectivity index (χ1v) is 9.63. The van der Waals surface area contributed by atoms with E-state index in [0.717, 1.165) is 6.29 Å². The van der Waals surface area contributed by atoms with Gasteiger partial charge in [0.15, 0.2) is 23.7 Å². The molecular weight excluding hydrogens is 423 g/mol. The predicted octanol–water partition coefficient (Wildman–Crippen LogP) is 5.02. The van der Waals surface area contributed by atoms with Crippen LogP contribution in [-0.4, -0.2) is 42.6 Å². The van der Waals surface area contributed by atoms with Crippen LogP contribution in [0.4, 0.5) is 10.2 Å². The van der Waals surface area contributed by atoms with Gasteiger partial charge in [-0.25, -0.2) is 14.4 Å². The van der Waals surface area contributed by atoms with E-state index in [2.05, 4.69) is 19.7 Å². The fraction of sp³-hybridized carbons (Fsp3) is 0.273. The Kier molecular flexibility index (Phi) is 14.1. The molecule has 31 heavy (non-hydrogen) atoms. The van der Waals surface area contributed by atoms with E-state index in [9.17, 15) is 9.18 Å². The summed E-state index contributed by atoms with van der Waals surface area (Å²) in [5.41, 5.74) is 6.93. The molecule has 0 saturated heterocycles. The molecule has 2 heterocycles. The van der Waals surface area contributed by atoms with E-state index in [1.54, 1.807) is 39.5 Å². The second-order valence-electron chi connectivity index (χ2n) is 5.54. The maximum atomic E-state index is 14.0. The predicted molar refractivity (Wildman–Crippen MR) is 122 cm³/mol. The van der Waals surface area contributed by atoms with Gasteiger partial charge in [-0.1, -0.05) is 25.4 Å². The second kappa shape index (κ2) is 15.7. The molecule has 0 radical (unpaired) electrons. The first kappa shape index (κ1) is 27.9. The van der Waals surface area contributed by atoms with Crippen molar-refractivity contribution < 1.29 is 18.7 Å². The second-order valence-corrected chi connectivity index (χ2v) is 5.98. The maximum absolute atomic E-state index is 14.0. The SMILES string of the molecule is CC.COC.COc1cnc(-c2cc(Cl)cc(C)c2F)nc1N.O=Cc1cccnc1. The molecule has 0 spiro atoms. The van der Waals surface area contributed by atoms with Gasteiger partial charge in [0.1, 0.15) is 5.82 Å². The fourth-order valence-electron chi connectivity index (χ4n) is 2.00. The maximum Gasteiger partial charge on any atom is 0.179 e. The molecule has 3 aromatic rings. The summed E-state index contributed by atoms with van der Waals surface area (Å²) in [6, 6.07) is 6.43. The average Bonchev–Trinajstić information content (AvgIpc) is 2.79. The Bertz CT molecular complexity index is 928. The van der Waals surface area contributed by atoms with Crippen LogP contribution in [0.2, 0.25) is 5.02 Å². The minimum Gasteiger partial charge on any atom is -0.491 e. The number of ether oxygens (including phenoxy) is 2. The number of rotatable bonds is 3. The van der Waals surface area contributed by atoms with Gasteiger partial charge in [-0.2, -0.15) is 0 Å². The van der Waals surface area contributed by atoms with Crippen LogP contribution in [0.1, 0.15) is 29.8 Å². The van der Waals surface area contributed by atoms with Crippen molar-refractivity contribution in [1.29, 1.82) is 0 Å². The van der Waals surface area contributed by atoms with Gasteiger partial charge in [-0.05, 0) is 36.8 Å². The largest absolute Gasteiger partial charge is 0.491 e. The summed E-state index contributed by atoms with van der Waals surface area (Å²) in [5.74, 6) is 0.262. The Morgan fingerprint density at radius 3 is 2.26 bits per heavy atom. The molecule has 0 atom stereocenters. The molecule has 9 heteroatoms. The van der Waals surface area contributed by atoms with Crippen molar-refractivity contribution in [2.75, 3.05) is 27.1 Å². The number of aryl methyl sites for hydroxylation is 1. The molecule has 0 unspecified atom stereocenters. The van der Waals surface area contributed by atoms with Crippen molar-refractivity contribution in [3.8, 4) is 17.1 Å². The number of halogens is 2. The van der Waals surface area contributed by atoms with E-state index < -0.39 is 5.82 Å². The van der Waals surface area contributed by atoms with Crippen molar-refractivity contribution in [2.45, 2.75) is 20.8 Å². The van der Waals surface area contributed by atoms with Crippen LogP contribution >= 0.6 is 11.6 Å². The minimum atomic E-state index is -0.413. The van der Waals surface area contributed by atoms with Crippen molar-refractivity contribution in [1.82, 2.24) is 15.0 Å². The number of carbonyl (C=O) groups excluding carboxylic acids is 1. The third kappa shape index (κ3) is 9.50. The van der Waals surface area contributed by atoms with Crippen LogP contribution in [-0.2, 0) is 4.74 Å². The molecule has 7 nitrogen and oxygen atoms in total. The molecule has 0 bridgehead atoms. The standard InChI is InChI=1S/C12H11ClFN3O.C6H5NO.C2H6O.C2H6/c1-6-3-7(13)4-8(10(6)14)12-16-5-9(18-2)11(15)17-12;8-5-6-2-1-3-7-4-6;1-3-2;1-2/h3-5H,1-2H3,(H2,15,16,17);1-5H;1-2H3;1-2H3. The van der Waals surface area contributed by atoms with Crippen LogP contribution in [0.3, 0.4) is 0 Å². The number of nitrogens with zero attached hydrogens (tertiary/aromatic N) is 3. The molecule has 0 amide bonds. The lowest BCUT2D eigenvalue weighted by Crippen LogP contribution is -2.01. The van der Waals surface area contributed by atoms with Gasteiger partial charge in [0.2, 0.25) is 0 Å². The highest BCUT2D eigenvalue weighted by Gasteiger charge is 2.13. The number of anilines is 1. The Hall–Kier alpha value is -3.10. The number of pyridine rings is 1. The first-order chi connectivity index (χ1) is 14.9. The van der Waals surface area contributed by atoms with E-state index in [0.29, 0.717) is 21.9 Å². The normalized spacial score (nSPS) is 9.03. The molecule has 2 aromatic heterocycles. The van der Waals surface area contributed by atoms with E-state index in [1.807, 2.05) is 13.8 Å². The first-order valence-electron chi connectivity index (χ1n) is 9.25. The zero-order valence-corrected chi connectivity index (χ0v) is 19.3. The lowest BCUT2D eigenvalue weighted by molar-refractivity contribution is 0.112. The van der Waals surface area contributed by atoms with Crippen LogP contribution in [0.5, 0.6) is 5.75 Å². The van der Waals surface area contributed by atoms with E-state index in [4.69, 9.17) is 22.1 Å². The molecule has 3 rings (SSSR count). The topological polar surface area (TPSA) is 100 Å². The van der Waals surface area contributed by atoms with E-state index in [-0.39, 0.29) is 17.2 Å². The van der Waals surface area contributed by atoms with E-state index >= 15 is 0 Å². The molecule has 1 aromatic carbocycles. The van der Waals surface area contributed by atoms with Gasteiger partial charge in [-0.3, -0.25) is 9.78 Å². The van der Waals surface area contributed by atoms with Crippen LogP contribution in [0.15, 0.2) is 42.9 Å². The number of nitrogens with two attached hydrogens (primary N) is 1. The Labute approximate surface area is 187 Å². The van der Waals surface area contributed by atoms with Gasteiger partial charge in [0, 0.05) is 37.2 Å². The molecule has 0 saturated carbocycles. The number of aldehydes is 1. The molecular formula is C22H28ClFN4O3. The Morgan fingerprint density at radius 1 is 1.16 bits per heavy atom. The summed E-state index contributed by atoms with van der Waals surface area (Å²) >= 11 is 5.89. The monoisotopic (exact) mass is 450 g/mol. The lowest BCUT2D eigenvalue weighted by atomic mass is 10.1. The smallest absolute Gasteiger partial charge is 0.179 e. The summed E-state index contributed by atoms with van der Waals surface area (Å²) in [6.07, 6.45) is 5.32. The molecule has 168 valence electrons.